The molecule has 120 valence electrons. The molecule has 0 fully saturated rings. The molecule has 4 heteroatoms. The molecule has 0 aliphatic heterocycles. The fraction of sp³-hybridized carbons (Fsp3) is 0.500. The third-order valence-electron chi connectivity index (χ3n) is 3.68. The molecule has 0 aliphatic rings. The van der Waals surface area contributed by atoms with Crippen LogP contribution in [-0.2, 0) is 11.8 Å². The van der Waals surface area contributed by atoms with Gasteiger partial charge in [-0.2, -0.15) is 0 Å². The molecule has 0 saturated carbocycles. The van der Waals surface area contributed by atoms with Crippen LogP contribution in [0.1, 0.15) is 45.9 Å². The number of nitrogens with one attached hydrogen (secondary N) is 1. The Hall–Kier alpha value is -1.97. The number of hydrogen-bond acceptors (Lipinski definition) is 2. The minimum atomic E-state index is -0.185. The molecule has 2 rings (SSSR count). The van der Waals surface area contributed by atoms with E-state index in [1.54, 1.807) is 7.11 Å². The first-order valence-electron chi connectivity index (χ1n) is 7.73. The van der Waals surface area contributed by atoms with Crippen LogP contribution in [0, 0.1) is 5.92 Å². The summed E-state index contributed by atoms with van der Waals surface area (Å²) in [5.74, 6) is 1.28. The molecular formula is C18H26N2O2. The molecule has 0 aliphatic carbocycles. The fourth-order valence-electron chi connectivity index (χ4n) is 2.77. The number of ether oxygens (including phenoxy) is 1. The van der Waals surface area contributed by atoms with Crippen LogP contribution in [-0.4, -0.2) is 16.9 Å². The van der Waals surface area contributed by atoms with Gasteiger partial charge in [-0.15, -0.1) is 0 Å². The van der Waals surface area contributed by atoms with E-state index in [4.69, 9.17) is 4.74 Å². The summed E-state index contributed by atoms with van der Waals surface area (Å²) in [4.78, 5) is 12.5. The summed E-state index contributed by atoms with van der Waals surface area (Å²) in [5.41, 5.74) is 2.70. The molecule has 22 heavy (non-hydrogen) atoms. The largest absolute Gasteiger partial charge is 0.497 e. The lowest BCUT2D eigenvalue weighted by molar-refractivity contribution is 0.414. The maximum atomic E-state index is 12.5. The van der Waals surface area contributed by atoms with Crippen LogP contribution in [0.5, 0.6) is 5.75 Å². The lowest BCUT2D eigenvalue weighted by Crippen LogP contribution is -2.22. The highest BCUT2D eigenvalue weighted by Gasteiger charge is 2.26. The fourth-order valence-corrected chi connectivity index (χ4v) is 2.77. The molecule has 1 heterocycles. The third kappa shape index (κ3) is 3.26. The average Bonchev–Trinajstić information content (AvgIpc) is 2.74. The zero-order valence-electron chi connectivity index (χ0n) is 14.4. The van der Waals surface area contributed by atoms with E-state index in [1.807, 2.05) is 28.9 Å². The maximum Gasteiger partial charge on any atom is 0.268 e. The quantitative estimate of drug-likeness (QED) is 0.936. The van der Waals surface area contributed by atoms with Crippen LogP contribution in [0.3, 0.4) is 0 Å². The van der Waals surface area contributed by atoms with Crippen molar-refractivity contribution in [1.82, 2.24) is 9.78 Å². The zero-order valence-corrected chi connectivity index (χ0v) is 14.4. The predicted molar refractivity (Wildman–Crippen MR) is 90.2 cm³/mol. The van der Waals surface area contributed by atoms with Gasteiger partial charge in [-0.25, -0.2) is 0 Å². The summed E-state index contributed by atoms with van der Waals surface area (Å²) in [6.07, 6.45) is 0.859. The van der Waals surface area contributed by atoms with E-state index in [-0.39, 0.29) is 11.0 Å². The van der Waals surface area contributed by atoms with Crippen molar-refractivity contribution in [2.75, 3.05) is 7.11 Å². The Morgan fingerprint density at radius 1 is 1.18 bits per heavy atom. The van der Waals surface area contributed by atoms with E-state index in [1.165, 1.54) is 0 Å². The summed E-state index contributed by atoms with van der Waals surface area (Å²) in [6, 6.07) is 7.74. The second-order valence-electron chi connectivity index (χ2n) is 7.14. The first kappa shape index (κ1) is 16.4. The maximum absolute atomic E-state index is 12.5. The highest BCUT2D eigenvalue weighted by molar-refractivity contribution is 5.40. The van der Waals surface area contributed by atoms with Crippen molar-refractivity contribution < 1.29 is 4.74 Å². The van der Waals surface area contributed by atoms with Crippen LogP contribution < -0.4 is 10.3 Å². The van der Waals surface area contributed by atoms with Crippen LogP contribution in [0.25, 0.3) is 5.69 Å². The highest BCUT2D eigenvalue weighted by Crippen LogP contribution is 2.26. The Kier molecular flexibility index (Phi) is 4.50. The van der Waals surface area contributed by atoms with Crippen molar-refractivity contribution in [3.05, 3.63) is 45.9 Å². The molecule has 1 aromatic carbocycles. The van der Waals surface area contributed by atoms with Gasteiger partial charge in [-0.1, -0.05) is 34.6 Å². The molecule has 0 spiro atoms. The summed E-state index contributed by atoms with van der Waals surface area (Å²) in [5, 5.41) is 3.00. The predicted octanol–water partition coefficient (Wildman–Crippen LogP) is 3.67. The molecule has 4 nitrogen and oxygen atoms in total. The first-order valence-corrected chi connectivity index (χ1v) is 7.73. The monoisotopic (exact) mass is 302 g/mol. The van der Waals surface area contributed by atoms with E-state index in [0.29, 0.717) is 5.92 Å². The van der Waals surface area contributed by atoms with Gasteiger partial charge < -0.3 is 4.74 Å². The Morgan fingerprint density at radius 3 is 2.23 bits per heavy atom. The Morgan fingerprint density at radius 2 is 1.77 bits per heavy atom. The molecule has 0 unspecified atom stereocenters. The van der Waals surface area contributed by atoms with Gasteiger partial charge in [-0.05, 0) is 42.0 Å². The number of benzene rings is 1. The normalized spacial score (nSPS) is 12.0. The summed E-state index contributed by atoms with van der Waals surface area (Å²) in [6.45, 7) is 10.6. The Balaban J connectivity index is 2.62. The Bertz CT molecular complexity index is 685. The molecule has 2 aromatic rings. The summed E-state index contributed by atoms with van der Waals surface area (Å²) < 4.78 is 7.12. The highest BCUT2D eigenvalue weighted by atomic mass is 16.5. The van der Waals surface area contributed by atoms with Crippen LogP contribution in [0.15, 0.2) is 29.1 Å². The molecular weight excluding hydrogens is 276 g/mol. The number of aromatic amines is 1. The lowest BCUT2D eigenvalue weighted by atomic mass is 9.85. The van der Waals surface area contributed by atoms with Gasteiger partial charge in [0.2, 0.25) is 0 Å². The number of nitrogens with zero attached hydrogens (tertiary/aromatic N) is 1. The number of methoxy groups -OCH3 is 1. The number of H-pyrrole nitrogens is 1. The number of rotatable bonds is 4. The molecule has 1 N–H and O–H groups in total. The summed E-state index contributed by atoms with van der Waals surface area (Å²) in [7, 11) is 1.65. The van der Waals surface area contributed by atoms with Crippen molar-refractivity contribution in [2.24, 2.45) is 5.92 Å². The molecule has 0 saturated heterocycles. The van der Waals surface area contributed by atoms with Crippen molar-refractivity contribution >= 4 is 0 Å². The number of aromatic nitrogens is 2. The van der Waals surface area contributed by atoms with Gasteiger partial charge in [0.25, 0.3) is 5.56 Å². The standard InChI is InChI=1S/C18H26N2O2/c1-12(2)11-15-16(18(3,4)5)17(21)19-20(15)13-7-9-14(22-6)10-8-13/h7-10,12H,11H2,1-6H3,(H,19,21). The molecule has 1 aromatic heterocycles. The van der Waals surface area contributed by atoms with Gasteiger partial charge in [0.15, 0.2) is 0 Å². The second kappa shape index (κ2) is 6.03. The van der Waals surface area contributed by atoms with E-state index in [9.17, 15) is 4.79 Å². The molecule has 0 atom stereocenters. The van der Waals surface area contributed by atoms with Crippen molar-refractivity contribution in [1.29, 1.82) is 0 Å². The van der Waals surface area contributed by atoms with E-state index >= 15 is 0 Å². The second-order valence-corrected chi connectivity index (χ2v) is 7.14. The number of hydrogen-bond donors (Lipinski definition) is 1. The van der Waals surface area contributed by atoms with Gasteiger partial charge in [0.1, 0.15) is 5.75 Å². The van der Waals surface area contributed by atoms with Gasteiger partial charge in [0, 0.05) is 5.56 Å². The third-order valence-corrected chi connectivity index (χ3v) is 3.68. The molecule has 0 radical (unpaired) electrons. The van der Waals surface area contributed by atoms with Crippen LogP contribution in [0.2, 0.25) is 0 Å². The average molecular weight is 302 g/mol. The van der Waals surface area contributed by atoms with Crippen molar-refractivity contribution in [3.8, 4) is 11.4 Å². The summed E-state index contributed by atoms with van der Waals surface area (Å²) >= 11 is 0. The van der Waals surface area contributed by atoms with Crippen LogP contribution >= 0.6 is 0 Å². The molecule has 0 bridgehead atoms. The van der Waals surface area contributed by atoms with Crippen molar-refractivity contribution in [2.45, 2.75) is 46.5 Å². The molecule has 0 amide bonds. The minimum absolute atomic E-state index is 0.000956. The SMILES string of the molecule is COc1ccc(-n2[nH]c(=O)c(C(C)(C)C)c2CC(C)C)cc1. The van der Waals surface area contributed by atoms with Gasteiger partial charge >= 0.3 is 0 Å². The van der Waals surface area contributed by atoms with Crippen LogP contribution in [0.4, 0.5) is 0 Å². The lowest BCUT2D eigenvalue weighted by Gasteiger charge is -2.20. The van der Waals surface area contributed by atoms with Gasteiger partial charge in [-0.3, -0.25) is 14.6 Å². The zero-order chi connectivity index (χ0) is 16.5. The van der Waals surface area contributed by atoms with E-state index in [2.05, 4.69) is 39.7 Å². The first-order chi connectivity index (χ1) is 10.2. The smallest absolute Gasteiger partial charge is 0.268 e. The minimum Gasteiger partial charge on any atom is -0.497 e. The van der Waals surface area contributed by atoms with Gasteiger partial charge in [0.05, 0.1) is 18.5 Å². The topological polar surface area (TPSA) is 47.0 Å². The van der Waals surface area contributed by atoms with Crippen molar-refractivity contribution in [3.63, 3.8) is 0 Å². The van der Waals surface area contributed by atoms with E-state index < -0.39 is 0 Å². The Labute approximate surface area is 132 Å². The van der Waals surface area contributed by atoms with E-state index in [0.717, 1.165) is 29.1 Å².